The van der Waals surface area contributed by atoms with Crippen LogP contribution in [0.1, 0.15) is 47.8 Å². The summed E-state index contributed by atoms with van der Waals surface area (Å²) in [6.45, 7) is 8.18. The van der Waals surface area contributed by atoms with Gasteiger partial charge in [0.2, 0.25) is 0 Å². The molecule has 0 atom stereocenters. The van der Waals surface area contributed by atoms with Crippen LogP contribution in [-0.4, -0.2) is 19.3 Å². The Bertz CT molecular complexity index is 1160. The van der Waals surface area contributed by atoms with E-state index in [4.69, 9.17) is 9.47 Å². The normalized spacial score (nSPS) is 11.1. The molecule has 3 aromatic rings. The average Bonchev–Trinajstić information content (AvgIpc) is 2.80. The van der Waals surface area contributed by atoms with Gasteiger partial charge < -0.3 is 19.5 Å². The van der Waals surface area contributed by atoms with E-state index in [1.807, 2.05) is 48.7 Å². The van der Waals surface area contributed by atoms with Crippen LogP contribution in [0.25, 0.3) is 0 Å². The van der Waals surface area contributed by atoms with Crippen molar-refractivity contribution in [1.82, 2.24) is 0 Å². The molecule has 1 amide bonds. The van der Waals surface area contributed by atoms with E-state index in [1.54, 1.807) is 20.1 Å². The number of carbonyl (C=O) groups excluding carboxylic acids is 1. The Kier molecular flexibility index (Phi) is 8.10. The van der Waals surface area contributed by atoms with Gasteiger partial charge in [0.25, 0.3) is 5.91 Å². The van der Waals surface area contributed by atoms with Crippen molar-refractivity contribution in [3.05, 3.63) is 82.7 Å². The number of nitrogens with one attached hydrogen (secondary N) is 2. The van der Waals surface area contributed by atoms with Gasteiger partial charge in [-0.15, -0.1) is 0 Å². The topological polar surface area (TPSA) is 59.6 Å². The van der Waals surface area contributed by atoms with Crippen LogP contribution in [0.5, 0.6) is 11.5 Å². The molecular weight excluding hydrogens is 451 g/mol. The quantitative estimate of drug-likeness (QED) is 0.340. The Morgan fingerprint density at radius 2 is 1.74 bits per heavy atom. The summed E-state index contributed by atoms with van der Waals surface area (Å²) in [5.74, 6) is -0.128. The lowest BCUT2D eigenvalue weighted by atomic mass is 9.86. The SMILES string of the molecule is COc1c(NSC)cc(C(C)(C)C)cc1NC(=O)c1cc(F)c(C)c(OCc2ccccc2)c1. The Morgan fingerprint density at radius 1 is 1.06 bits per heavy atom. The standard InChI is InChI=1S/C27H31FN2O3S/c1-17-21(28)12-19(13-24(17)33-16-18-10-8-7-9-11-18)26(31)29-22-14-20(27(2,3)4)15-23(30-34-6)25(22)32-5/h7-15,30H,16H2,1-6H3,(H,29,31). The van der Waals surface area contributed by atoms with Crippen LogP contribution in [0.15, 0.2) is 54.6 Å². The zero-order chi connectivity index (χ0) is 24.9. The van der Waals surface area contributed by atoms with E-state index in [9.17, 15) is 9.18 Å². The second-order valence-electron chi connectivity index (χ2n) is 8.97. The number of halogens is 1. The van der Waals surface area contributed by atoms with Crippen molar-refractivity contribution in [2.24, 2.45) is 0 Å². The minimum atomic E-state index is -0.504. The molecule has 0 saturated heterocycles. The van der Waals surface area contributed by atoms with E-state index in [2.05, 4.69) is 30.8 Å². The minimum Gasteiger partial charge on any atom is -0.492 e. The maximum absolute atomic E-state index is 14.7. The van der Waals surface area contributed by atoms with E-state index < -0.39 is 11.7 Å². The number of carbonyl (C=O) groups is 1. The molecule has 0 aliphatic rings. The first-order valence-corrected chi connectivity index (χ1v) is 12.2. The summed E-state index contributed by atoms with van der Waals surface area (Å²) in [6.07, 6.45) is 1.91. The maximum atomic E-state index is 14.7. The molecule has 2 N–H and O–H groups in total. The third-order valence-corrected chi connectivity index (χ3v) is 5.84. The highest BCUT2D eigenvalue weighted by molar-refractivity contribution is 7.99. The fourth-order valence-electron chi connectivity index (χ4n) is 3.42. The highest BCUT2D eigenvalue weighted by Gasteiger charge is 2.22. The molecule has 0 fully saturated rings. The number of amides is 1. The number of ether oxygens (including phenoxy) is 2. The highest BCUT2D eigenvalue weighted by atomic mass is 32.2. The van der Waals surface area contributed by atoms with Gasteiger partial charge in [-0.25, -0.2) is 4.39 Å². The van der Waals surface area contributed by atoms with Gasteiger partial charge in [0.1, 0.15) is 18.2 Å². The Hall–Kier alpha value is -3.19. The van der Waals surface area contributed by atoms with Gasteiger partial charge in [0, 0.05) is 17.4 Å². The molecule has 0 heterocycles. The van der Waals surface area contributed by atoms with Crippen LogP contribution >= 0.6 is 11.9 Å². The number of hydrogen-bond acceptors (Lipinski definition) is 5. The molecule has 7 heteroatoms. The molecular formula is C27H31FN2O3S. The lowest BCUT2D eigenvalue weighted by molar-refractivity contribution is 0.102. The smallest absolute Gasteiger partial charge is 0.256 e. The van der Waals surface area contributed by atoms with E-state index >= 15 is 0 Å². The number of hydrogen-bond donors (Lipinski definition) is 2. The van der Waals surface area contributed by atoms with Crippen LogP contribution in [0, 0.1) is 12.7 Å². The largest absolute Gasteiger partial charge is 0.492 e. The highest BCUT2D eigenvalue weighted by Crippen LogP contribution is 2.40. The van der Waals surface area contributed by atoms with Crippen molar-refractivity contribution in [1.29, 1.82) is 0 Å². The molecule has 5 nitrogen and oxygen atoms in total. The molecule has 0 spiro atoms. The van der Waals surface area contributed by atoms with Gasteiger partial charge >= 0.3 is 0 Å². The molecule has 0 saturated carbocycles. The lowest BCUT2D eigenvalue weighted by Crippen LogP contribution is -2.17. The Labute approximate surface area is 205 Å². The van der Waals surface area contributed by atoms with Gasteiger partial charge in [-0.2, -0.15) is 0 Å². The second-order valence-corrected chi connectivity index (χ2v) is 9.58. The van der Waals surface area contributed by atoms with Crippen molar-refractivity contribution < 1.29 is 18.7 Å². The van der Waals surface area contributed by atoms with Crippen molar-refractivity contribution in [3.8, 4) is 11.5 Å². The molecule has 0 aromatic heterocycles. The van der Waals surface area contributed by atoms with E-state index in [0.29, 0.717) is 22.7 Å². The predicted molar refractivity (Wildman–Crippen MR) is 139 cm³/mol. The predicted octanol–water partition coefficient (Wildman–Crippen LogP) is 6.96. The number of anilines is 2. The first-order valence-electron chi connectivity index (χ1n) is 10.9. The summed E-state index contributed by atoms with van der Waals surface area (Å²) in [4.78, 5) is 13.2. The van der Waals surface area contributed by atoms with Crippen LogP contribution in [0.3, 0.4) is 0 Å². The van der Waals surface area contributed by atoms with Crippen molar-refractivity contribution >= 4 is 29.2 Å². The second kappa shape index (κ2) is 10.8. The minimum absolute atomic E-state index is 0.158. The lowest BCUT2D eigenvalue weighted by Gasteiger charge is -2.24. The molecule has 3 aromatic carbocycles. The van der Waals surface area contributed by atoms with Gasteiger partial charge in [0.15, 0.2) is 5.75 Å². The zero-order valence-corrected chi connectivity index (χ0v) is 21.2. The summed E-state index contributed by atoms with van der Waals surface area (Å²) in [5, 5.41) is 2.90. The summed E-state index contributed by atoms with van der Waals surface area (Å²) < 4.78 is 29.4. The van der Waals surface area contributed by atoms with Crippen LogP contribution in [0.4, 0.5) is 15.8 Å². The maximum Gasteiger partial charge on any atom is 0.256 e. The fourth-order valence-corrected chi connectivity index (χ4v) is 3.80. The Balaban J connectivity index is 1.93. The van der Waals surface area contributed by atoms with Gasteiger partial charge in [-0.05, 0) is 47.7 Å². The molecule has 0 unspecified atom stereocenters. The van der Waals surface area contributed by atoms with E-state index in [-0.39, 0.29) is 17.6 Å². The molecule has 180 valence electrons. The zero-order valence-electron chi connectivity index (χ0n) is 20.4. The van der Waals surface area contributed by atoms with Crippen molar-refractivity contribution in [2.45, 2.75) is 39.7 Å². The van der Waals surface area contributed by atoms with Gasteiger partial charge in [-0.3, -0.25) is 4.79 Å². The van der Waals surface area contributed by atoms with Crippen molar-refractivity contribution in [2.75, 3.05) is 23.4 Å². The van der Waals surface area contributed by atoms with Crippen molar-refractivity contribution in [3.63, 3.8) is 0 Å². The average molecular weight is 483 g/mol. The summed E-state index contributed by atoms with van der Waals surface area (Å²) >= 11 is 1.43. The number of methoxy groups -OCH3 is 1. The fraction of sp³-hybridized carbons (Fsp3) is 0.296. The van der Waals surface area contributed by atoms with Gasteiger partial charge in [0.05, 0.1) is 18.5 Å². The number of benzene rings is 3. The molecule has 3 rings (SSSR count). The summed E-state index contributed by atoms with van der Waals surface area (Å²) in [7, 11) is 1.55. The first kappa shape index (κ1) is 25.4. The van der Waals surface area contributed by atoms with Gasteiger partial charge in [-0.1, -0.05) is 63.1 Å². The molecule has 0 aliphatic carbocycles. The van der Waals surface area contributed by atoms with Crippen LogP contribution < -0.4 is 19.5 Å². The summed E-state index contributed by atoms with van der Waals surface area (Å²) in [6, 6.07) is 16.3. The molecule has 0 bridgehead atoms. The summed E-state index contributed by atoms with van der Waals surface area (Å²) in [5.41, 5.74) is 3.58. The first-order chi connectivity index (χ1) is 16.1. The van der Waals surface area contributed by atoms with Crippen LogP contribution in [-0.2, 0) is 12.0 Å². The van der Waals surface area contributed by atoms with Crippen LogP contribution in [0.2, 0.25) is 0 Å². The Morgan fingerprint density at radius 3 is 2.35 bits per heavy atom. The van der Waals surface area contributed by atoms with E-state index in [1.165, 1.54) is 18.0 Å². The molecule has 0 radical (unpaired) electrons. The third-order valence-electron chi connectivity index (χ3n) is 5.42. The third kappa shape index (κ3) is 6.03. The monoisotopic (exact) mass is 482 g/mol. The molecule has 34 heavy (non-hydrogen) atoms. The van der Waals surface area contributed by atoms with E-state index in [0.717, 1.165) is 16.8 Å². The number of rotatable bonds is 8. The molecule has 0 aliphatic heterocycles.